The number of pyridine rings is 1. The number of halogens is 1. The third-order valence-corrected chi connectivity index (χ3v) is 8.63. The smallest absolute Gasteiger partial charge is 0.301 e. The van der Waals surface area contributed by atoms with Crippen LogP contribution in [-0.4, -0.2) is 37.8 Å². The van der Waals surface area contributed by atoms with Gasteiger partial charge in [-0.15, -0.1) is 0 Å². The third kappa shape index (κ3) is 5.03. The number of hydrogen-bond acceptors (Lipinski definition) is 7. The summed E-state index contributed by atoms with van der Waals surface area (Å²) in [5.74, 6) is -1.16. The summed E-state index contributed by atoms with van der Waals surface area (Å²) in [5, 5.41) is 12.6. The van der Waals surface area contributed by atoms with E-state index in [0.29, 0.717) is 50.6 Å². The lowest BCUT2D eigenvalue weighted by Crippen LogP contribution is -2.29. The van der Waals surface area contributed by atoms with E-state index in [4.69, 9.17) is 16.3 Å². The van der Waals surface area contributed by atoms with Crippen molar-refractivity contribution >= 4 is 61.4 Å². The summed E-state index contributed by atoms with van der Waals surface area (Å²) in [6, 6.07) is 17.1. The number of ketones is 1. The number of nitrogens with zero attached hydrogens (tertiary/aromatic N) is 4. The normalized spacial score (nSPS) is 16.6. The van der Waals surface area contributed by atoms with Crippen LogP contribution in [0.25, 0.3) is 21.6 Å². The molecule has 5 aromatic rings. The SMILES string of the molecule is CCCCCCOc1ccc(C2C(=C(O)c3c(C)nc4ccccn34)C(=O)C(=O)N2c2nc3ccc(Cl)cc3s2)cc1. The zero-order valence-corrected chi connectivity index (χ0v) is 24.8. The monoisotopic (exact) mass is 600 g/mol. The number of aliphatic hydroxyl groups excluding tert-OH is 1. The highest BCUT2D eigenvalue weighted by atomic mass is 35.5. The van der Waals surface area contributed by atoms with Gasteiger partial charge in [-0.2, -0.15) is 0 Å². The van der Waals surface area contributed by atoms with Crippen LogP contribution in [-0.2, 0) is 9.59 Å². The topological polar surface area (TPSA) is 97.0 Å². The Morgan fingerprint density at radius 1 is 1.05 bits per heavy atom. The fourth-order valence-corrected chi connectivity index (χ4v) is 6.59. The lowest BCUT2D eigenvalue weighted by Gasteiger charge is -2.23. The average molecular weight is 601 g/mol. The largest absolute Gasteiger partial charge is 0.505 e. The minimum absolute atomic E-state index is 0.0284. The van der Waals surface area contributed by atoms with Gasteiger partial charge in [0.25, 0.3) is 5.78 Å². The molecular formula is C32H29ClN4O4S. The van der Waals surface area contributed by atoms with Crippen molar-refractivity contribution in [3.63, 3.8) is 0 Å². The van der Waals surface area contributed by atoms with Crippen LogP contribution in [0.4, 0.5) is 5.13 Å². The molecule has 1 atom stereocenters. The van der Waals surface area contributed by atoms with Gasteiger partial charge in [-0.25, -0.2) is 9.97 Å². The zero-order valence-electron chi connectivity index (χ0n) is 23.2. The second kappa shape index (κ2) is 11.6. The summed E-state index contributed by atoms with van der Waals surface area (Å²) < 4.78 is 8.42. The summed E-state index contributed by atoms with van der Waals surface area (Å²) in [5.41, 5.74) is 2.77. The first kappa shape index (κ1) is 27.9. The van der Waals surface area contributed by atoms with Crippen LogP contribution < -0.4 is 9.64 Å². The lowest BCUT2D eigenvalue weighted by molar-refractivity contribution is -0.132. The minimum Gasteiger partial charge on any atom is -0.505 e. The maximum Gasteiger partial charge on any atom is 0.301 e. The number of thiazole rings is 1. The second-order valence-electron chi connectivity index (χ2n) is 10.2. The van der Waals surface area contributed by atoms with Crippen molar-refractivity contribution in [3.8, 4) is 5.75 Å². The van der Waals surface area contributed by atoms with Gasteiger partial charge in [0.2, 0.25) is 0 Å². The number of hydrogen-bond donors (Lipinski definition) is 1. The fraction of sp³-hybridized carbons (Fsp3) is 0.250. The number of fused-ring (bicyclic) bond motifs is 2. The number of rotatable bonds is 9. The number of carbonyl (C=O) groups is 2. The first-order valence-corrected chi connectivity index (χ1v) is 15.1. The van der Waals surface area contributed by atoms with Crippen LogP contribution >= 0.6 is 22.9 Å². The van der Waals surface area contributed by atoms with Crippen LogP contribution in [0.1, 0.15) is 55.6 Å². The number of amides is 1. The molecule has 3 aromatic heterocycles. The number of Topliss-reactive ketones (excluding diaryl/α,β-unsaturated/α-hetero) is 1. The minimum atomic E-state index is -0.923. The Kier molecular flexibility index (Phi) is 7.70. The molecule has 6 rings (SSSR count). The highest BCUT2D eigenvalue weighted by Gasteiger charge is 2.48. The standard InChI is InChI=1S/C32H29ClN4O4S/c1-3-4-5-8-17-41-22-13-10-20(11-14-22)28-26(29(38)27-19(2)34-25-9-6-7-16-36(25)27)30(39)31(40)37(28)32-35-23-15-12-21(33)18-24(23)42-32/h6-7,9-16,18,28,38H,3-5,8,17H2,1-2H3. The van der Waals surface area contributed by atoms with Crippen molar-refractivity contribution < 1.29 is 19.4 Å². The average Bonchev–Trinajstić information content (AvgIpc) is 3.63. The number of aliphatic hydroxyl groups is 1. The number of aryl methyl sites for hydroxylation is 1. The quantitative estimate of drug-likeness (QED) is 0.0815. The maximum atomic E-state index is 13.7. The Hall–Kier alpha value is -4.21. The van der Waals surface area contributed by atoms with E-state index in [1.807, 2.05) is 42.5 Å². The Balaban J connectivity index is 1.46. The highest BCUT2D eigenvalue weighted by molar-refractivity contribution is 7.22. The molecule has 1 amide bonds. The van der Waals surface area contributed by atoms with Gasteiger partial charge in [0, 0.05) is 11.2 Å². The van der Waals surface area contributed by atoms with Crippen molar-refractivity contribution in [2.24, 2.45) is 0 Å². The molecule has 2 aromatic carbocycles. The fourth-order valence-electron chi connectivity index (χ4n) is 5.33. The first-order chi connectivity index (χ1) is 20.4. The molecule has 1 saturated heterocycles. The molecule has 0 saturated carbocycles. The predicted octanol–water partition coefficient (Wildman–Crippen LogP) is 7.49. The number of unbranched alkanes of at least 4 members (excludes halogenated alkanes) is 3. The molecule has 1 N–H and O–H groups in total. The highest BCUT2D eigenvalue weighted by Crippen LogP contribution is 2.45. The van der Waals surface area contributed by atoms with Crippen LogP contribution in [0, 0.1) is 6.92 Å². The van der Waals surface area contributed by atoms with Gasteiger partial charge < -0.3 is 9.84 Å². The number of carbonyl (C=O) groups excluding carboxylic acids is 2. The number of imidazole rings is 1. The van der Waals surface area contributed by atoms with Gasteiger partial charge in [0.15, 0.2) is 10.9 Å². The third-order valence-electron chi connectivity index (χ3n) is 7.38. The maximum absolute atomic E-state index is 13.7. The Morgan fingerprint density at radius 2 is 1.86 bits per heavy atom. The van der Waals surface area contributed by atoms with Gasteiger partial charge in [-0.3, -0.25) is 18.9 Å². The van der Waals surface area contributed by atoms with Crippen LogP contribution in [0.2, 0.25) is 5.02 Å². The van der Waals surface area contributed by atoms with Gasteiger partial charge >= 0.3 is 5.91 Å². The summed E-state index contributed by atoms with van der Waals surface area (Å²) in [6.07, 6.45) is 6.17. The van der Waals surface area contributed by atoms with Crippen molar-refractivity contribution in [2.75, 3.05) is 11.5 Å². The molecule has 1 fully saturated rings. The van der Waals surface area contributed by atoms with Crippen molar-refractivity contribution in [2.45, 2.75) is 45.6 Å². The van der Waals surface area contributed by atoms with Crippen LogP contribution in [0.5, 0.6) is 5.75 Å². The Morgan fingerprint density at radius 3 is 2.64 bits per heavy atom. The molecule has 0 bridgehead atoms. The van der Waals surface area contributed by atoms with Gasteiger partial charge in [0.05, 0.1) is 34.1 Å². The first-order valence-electron chi connectivity index (χ1n) is 13.9. The molecule has 8 nitrogen and oxygen atoms in total. The summed E-state index contributed by atoms with van der Waals surface area (Å²) in [7, 11) is 0. The van der Waals surface area contributed by atoms with Crippen molar-refractivity contribution in [1.82, 2.24) is 14.4 Å². The molecule has 0 radical (unpaired) electrons. The van der Waals surface area contributed by atoms with E-state index in [1.165, 1.54) is 22.7 Å². The molecule has 0 spiro atoms. The Bertz CT molecular complexity index is 1840. The second-order valence-corrected chi connectivity index (χ2v) is 11.7. The summed E-state index contributed by atoms with van der Waals surface area (Å²) in [6.45, 7) is 4.54. The van der Waals surface area contributed by atoms with E-state index >= 15 is 0 Å². The lowest BCUT2D eigenvalue weighted by atomic mass is 9.96. The molecule has 1 aliphatic heterocycles. The van der Waals surface area contributed by atoms with E-state index in [2.05, 4.69) is 16.9 Å². The number of ether oxygens (including phenoxy) is 1. The molecule has 1 unspecified atom stereocenters. The van der Waals surface area contributed by atoms with Crippen molar-refractivity contribution in [3.05, 3.63) is 94.4 Å². The predicted molar refractivity (Wildman–Crippen MR) is 165 cm³/mol. The van der Waals surface area contributed by atoms with E-state index in [1.54, 1.807) is 35.7 Å². The number of benzene rings is 2. The van der Waals surface area contributed by atoms with Gasteiger partial charge in [-0.05, 0) is 61.4 Å². The van der Waals surface area contributed by atoms with E-state index in [-0.39, 0.29) is 11.3 Å². The molecule has 1 aliphatic rings. The van der Waals surface area contributed by atoms with E-state index < -0.39 is 17.7 Å². The van der Waals surface area contributed by atoms with Crippen LogP contribution in [0.15, 0.2) is 72.4 Å². The molecule has 0 aliphatic carbocycles. The van der Waals surface area contributed by atoms with E-state index in [0.717, 1.165) is 24.0 Å². The summed E-state index contributed by atoms with van der Waals surface area (Å²) in [4.78, 5) is 38.0. The molecule has 10 heteroatoms. The summed E-state index contributed by atoms with van der Waals surface area (Å²) >= 11 is 7.47. The number of anilines is 1. The van der Waals surface area contributed by atoms with Gasteiger partial charge in [-0.1, -0.05) is 67.3 Å². The van der Waals surface area contributed by atoms with Crippen molar-refractivity contribution in [1.29, 1.82) is 0 Å². The zero-order chi connectivity index (χ0) is 29.4. The van der Waals surface area contributed by atoms with Crippen LogP contribution in [0.3, 0.4) is 0 Å². The molecule has 214 valence electrons. The molecule has 42 heavy (non-hydrogen) atoms. The Labute approximate surface area is 251 Å². The number of aromatic nitrogens is 3. The van der Waals surface area contributed by atoms with E-state index in [9.17, 15) is 14.7 Å². The molecular weight excluding hydrogens is 572 g/mol. The molecule has 4 heterocycles. The van der Waals surface area contributed by atoms with Gasteiger partial charge in [0.1, 0.15) is 17.1 Å².